The van der Waals surface area contributed by atoms with Crippen LogP contribution in [0.4, 0.5) is 13.2 Å². The second kappa shape index (κ2) is 7.52. The molecule has 0 saturated heterocycles. The average Bonchev–Trinajstić information content (AvgIpc) is 3.11. The van der Waals surface area contributed by atoms with E-state index in [1.54, 1.807) is 36.4 Å². The van der Waals surface area contributed by atoms with Crippen LogP contribution >= 0.6 is 0 Å². The van der Waals surface area contributed by atoms with Gasteiger partial charge in [0.2, 0.25) is 0 Å². The van der Waals surface area contributed by atoms with Crippen LogP contribution in [-0.2, 0) is 6.54 Å². The van der Waals surface area contributed by atoms with Crippen LogP contribution in [0.1, 0.15) is 19.4 Å². The SMILES string of the molecule is CC(C)(O)Cn1nnc2cc(-c3ccccc3-c3ccc(C#N)c(F)c3)c(F)c(F)c21. The van der Waals surface area contributed by atoms with Crippen LogP contribution in [0, 0.1) is 28.8 Å². The zero-order valence-electron chi connectivity index (χ0n) is 16.7. The van der Waals surface area contributed by atoms with E-state index in [9.17, 15) is 9.50 Å². The summed E-state index contributed by atoms with van der Waals surface area (Å²) in [5.74, 6) is -2.94. The monoisotopic (exact) mass is 422 g/mol. The molecule has 156 valence electrons. The Morgan fingerprint density at radius 1 is 1.00 bits per heavy atom. The van der Waals surface area contributed by atoms with Gasteiger partial charge >= 0.3 is 0 Å². The Bertz CT molecular complexity index is 1350. The first-order chi connectivity index (χ1) is 14.7. The second-order valence-corrected chi connectivity index (χ2v) is 7.83. The molecule has 0 unspecified atom stereocenters. The first-order valence-corrected chi connectivity index (χ1v) is 9.42. The highest BCUT2D eigenvalue weighted by atomic mass is 19.2. The van der Waals surface area contributed by atoms with E-state index in [4.69, 9.17) is 5.26 Å². The number of nitriles is 1. The number of aromatic nitrogens is 3. The molecule has 4 aromatic rings. The molecule has 0 saturated carbocycles. The highest BCUT2D eigenvalue weighted by Gasteiger charge is 2.24. The Kier molecular flexibility index (Phi) is 4.99. The molecule has 0 spiro atoms. The minimum atomic E-state index is -1.20. The number of halogens is 3. The van der Waals surface area contributed by atoms with Gasteiger partial charge in [0, 0.05) is 5.56 Å². The Hall–Kier alpha value is -3.70. The highest BCUT2D eigenvalue weighted by molar-refractivity contribution is 5.89. The van der Waals surface area contributed by atoms with Crippen molar-refractivity contribution in [1.29, 1.82) is 5.26 Å². The Labute approximate surface area is 176 Å². The van der Waals surface area contributed by atoms with Crippen molar-refractivity contribution < 1.29 is 18.3 Å². The molecule has 0 aliphatic rings. The maximum absolute atomic E-state index is 15.2. The molecule has 8 heteroatoms. The van der Waals surface area contributed by atoms with Gasteiger partial charge < -0.3 is 5.11 Å². The topological polar surface area (TPSA) is 74.7 Å². The Balaban J connectivity index is 1.90. The van der Waals surface area contributed by atoms with Crippen molar-refractivity contribution in [2.24, 2.45) is 0 Å². The van der Waals surface area contributed by atoms with Gasteiger partial charge in [0.15, 0.2) is 11.6 Å². The number of hydrogen-bond donors (Lipinski definition) is 1. The maximum atomic E-state index is 15.2. The molecule has 31 heavy (non-hydrogen) atoms. The van der Waals surface area contributed by atoms with Gasteiger partial charge in [-0.2, -0.15) is 5.26 Å². The van der Waals surface area contributed by atoms with E-state index in [0.717, 1.165) is 4.68 Å². The molecule has 1 aromatic heterocycles. The van der Waals surface area contributed by atoms with Crippen molar-refractivity contribution >= 4 is 11.0 Å². The van der Waals surface area contributed by atoms with E-state index in [-0.39, 0.29) is 28.7 Å². The zero-order chi connectivity index (χ0) is 22.3. The summed E-state index contributed by atoms with van der Waals surface area (Å²) < 4.78 is 45.5. The van der Waals surface area contributed by atoms with E-state index < -0.39 is 23.1 Å². The molecule has 0 radical (unpaired) electrons. The van der Waals surface area contributed by atoms with Crippen molar-refractivity contribution in [3.63, 3.8) is 0 Å². The van der Waals surface area contributed by atoms with E-state index in [0.29, 0.717) is 16.7 Å². The normalized spacial score (nSPS) is 11.6. The van der Waals surface area contributed by atoms with Crippen LogP contribution in [0.15, 0.2) is 48.5 Å². The molecule has 0 bridgehead atoms. The summed E-state index contributed by atoms with van der Waals surface area (Å²) in [7, 11) is 0. The lowest BCUT2D eigenvalue weighted by Crippen LogP contribution is -2.27. The first-order valence-electron chi connectivity index (χ1n) is 9.42. The minimum Gasteiger partial charge on any atom is -0.389 e. The number of benzene rings is 3. The average molecular weight is 422 g/mol. The predicted octanol–water partition coefficient (Wildman–Crippen LogP) is 4.83. The molecule has 1 N–H and O–H groups in total. The summed E-state index contributed by atoms with van der Waals surface area (Å²) in [5, 5.41) is 26.7. The van der Waals surface area contributed by atoms with Crippen LogP contribution in [0.3, 0.4) is 0 Å². The summed E-state index contributed by atoms with van der Waals surface area (Å²) in [6.45, 7) is 2.98. The number of aliphatic hydroxyl groups is 1. The van der Waals surface area contributed by atoms with Crippen LogP contribution in [0.2, 0.25) is 0 Å². The van der Waals surface area contributed by atoms with Crippen molar-refractivity contribution in [1.82, 2.24) is 15.0 Å². The van der Waals surface area contributed by atoms with Gasteiger partial charge in [-0.25, -0.2) is 17.9 Å². The minimum absolute atomic E-state index is 0.0549. The van der Waals surface area contributed by atoms with Gasteiger partial charge in [-0.05, 0) is 48.7 Å². The molecule has 0 aliphatic carbocycles. The van der Waals surface area contributed by atoms with Crippen LogP contribution in [0.25, 0.3) is 33.3 Å². The molecule has 1 heterocycles. The third-order valence-corrected chi connectivity index (χ3v) is 4.83. The summed E-state index contributed by atoms with van der Waals surface area (Å²) in [4.78, 5) is 0. The number of rotatable bonds is 4. The van der Waals surface area contributed by atoms with Gasteiger partial charge in [0.1, 0.15) is 22.9 Å². The van der Waals surface area contributed by atoms with Crippen molar-refractivity contribution in [3.8, 4) is 28.3 Å². The molecule has 0 aliphatic heterocycles. The van der Waals surface area contributed by atoms with Crippen LogP contribution in [-0.4, -0.2) is 25.7 Å². The number of fused-ring (bicyclic) bond motifs is 1. The zero-order valence-corrected chi connectivity index (χ0v) is 16.7. The summed E-state index contributed by atoms with van der Waals surface area (Å²) in [5.41, 5.74) is -0.172. The predicted molar refractivity (Wildman–Crippen MR) is 109 cm³/mol. The fraction of sp³-hybridized carbons (Fsp3) is 0.174. The van der Waals surface area contributed by atoms with Gasteiger partial charge in [-0.3, -0.25) is 0 Å². The number of nitrogens with zero attached hydrogens (tertiary/aromatic N) is 4. The first kappa shape index (κ1) is 20.6. The van der Waals surface area contributed by atoms with Gasteiger partial charge in [-0.15, -0.1) is 5.10 Å². The summed E-state index contributed by atoms with van der Waals surface area (Å²) in [6.07, 6.45) is 0. The van der Waals surface area contributed by atoms with E-state index in [2.05, 4.69) is 10.3 Å². The van der Waals surface area contributed by atoms with Crippen molar-refractivity contribution in [2.75, 3.05) is 0 Å². The lowest BCUT2D eigenvalue weighted by atomic mass is 9.93. The summed E-state index contributed by atoms with van der Waals surface area (Å²) >= 11 is 0. The molecule has 5 nitrogen and oxygen atoms in total. The fourth-order valence-electron chi connectivity index (χ4n) is 3.49. The van der Waals surface area contributed by atoms with Crippen LogP contribution in [0.5, 0.6) is 0 Å². The molecular formula is C23H17F3N4O. The quantitative estimate of drug-likeness (QED) is 0.511. The fourth-order valence-corrected chi connectivity index (χ4v) is 3.49. The smallest absolute Gasteiger partial charge is 0.187 e. The van der Waals surface area contributed by atoms with E-state index in [1.807, 2.05) is 0 Å². The van der Waals surface area contributed by atoms with Crippen LogP contribution < -0.4 is 0 Å². The lowest BCUT2D eigenvalue weighted by Gasteiger charge is -2.17. The Morgan fingerprint density at radius 3 is 2.35 bits per heavy atom. The largest absolute Gasteiger partial charge is 0.389 e. The van der Waals surface area contributed by atoms with Gasteiger partial charge in [-0.1, -0.05) is 35.5 Å². The molecule has 0 fully saturated rings. The van der Waals surface area contributed by atoms with Crippen molar-refractivity contribution in [3.05, 3.63) is 71.5 Å². The lowest BCUT2D eigenvalue weighted by molar-refractivity contribution is 0.0583. The van der Waals surface area contributed by atoms with Crippen molar-refractivity contribution in [2.45, 2.75) is 26.0 Å². The maximum Gasteiger partial charge on any atom is 0.187 e. The second-order valence-electron chi connectivity index (χ2n) is 7.83. The van der Waals surface area contributed by atoms with Gasteiger partial charge in [0.25, 0.3) is 0 Å². The summed E-state index contributed by atoms with van der Waals surface area (Å²) in [6, 6.07) is 13.8. The van der Waals surface area contributed by atoms with E-state index in [1.165, 1.54) is 32.0 Å². The third kappa shape index (κ3) is 3.76. The molecule has 3 aromatic carbocycles. The molecule has 0 atom stereocenters. The van der Waals surface area contributed by atoms with Gasteiger partial charge in [0.05, 0.1) is 17.7 Å². The Morgan fingerprint density at radius 2 is 1.71 bits per heavy atom. The molecule has 4 rings (SSSR count). The highest BCUT2D eigenvalue weighted by Crippen LogP contribution is 2.37. The molecule has 0 amide bonds. The standard InChI is InChI=1S/C23H17F3N4O/c1-23(2,31)12-30-22-19(28-29-30)10-17(20(25)21(22)26)16-6-4-3-5-15(16)13-7-8-14(11-27)18(24)9-13/h3-10,31H,12H2,1-2H3. The third-order valence-electron chi connectivity index (χ3n) is 4.83. The number of hydrogen-bond acceptors (Lipinski definition) is 4. The van der Waals surface area contributed by atoms with E-state index >= 15 is 8.78 Å². The molecular weight excluding hydrogens is 405 g/mol.